The first-order chi connectivity index (χ1) is 21.1. The fraction of sp³-hybridized carbons (Fsp3) is 0.406. The zero-order valence-electron chi connectivity index (χ0n) is 24.2. The molecule has 0 aliphatic carbocycles. The maximum absolute atomic E-state index is 14.3. The molecule has 2 saturated heterocycles. The number of benzene rings is 3. The van der Waals surface area contributed by atoms with Crippen LogP contribution in [0.3, 0.4) is 0 Å². The minimum absolute atomic E-state index is 0.0300. The fourth-order valence-corrected chi connectivity index (χ4v) is 5.84. The van der Waals surface area contributed by atoms with Crippen LogP contribution in [0, 0.1) is 35.0 Å². The lowest BCUT2D eigenvalue weighted by molar-refractivity contribution is -0.276. The number of anilines is 1. The number of hydrogen-bond acceptors (Lipinski definition) is 6. The molecule has 5 atom stereocenters. The summed E-state index contributed by atoms with van der Waals surface area (Å²) in [6.45, 7) is 4.03. The molecule has 0 saturated carbocycles. The van der Waals surface area contributed by atoms with Crippen molar-refractivity contribution in [3.8, 4) is 0 Å². The van der Waals surface area contributed by atoms with Crippen molar-refractivity contribution in [2.75, 3.05) is 32.1 Å². The molecular formula is C32H33F5N2O5. The van der Waals surface area contributed by atoms with E-state index in [0.717, 1.165) is 30.5 Å². The van der Waals surface area contributed by atoms with Gasteiger partial charge in [0.05, 0.1) is 25.4 Å². The molecule has 3 aromatic rings. The quantitative estimate of drug-likeness (QED) is 0.173. The lowest BCUT2D eigenvalue weighted by Gasteiger charge is -2.43. The smallest absolute Gasteiger partial charge is 0.261 e. The first-order valence-corrected chi connectivity index (χ1v) is 14.3. The number of nitrogens with zero attached hydrogens (tertiary/aromatic N) is 1. The van der Waals surface area contributed by atoms with Crippen molar-refractivity contribution in [2.24, 2.45) is 5.92 Å². The number of rotatable bonds is 9. The monoisotopic (exact) mass is 620 g/mol. The van der Waals surface area contributed by atoms with E-state index in [4.69, 9.17) is 14.2 Å². The van der Waals surface area contributed by atoms with E-state index in [0.29, 0.717) is 18.7 Å². The molecule has 0 aromatic heterocycles. The third kappa shape index (κ3) is 6.50. The number of halogens is 5. The Morgan fingerprint density at radius 3 is 2.32 bits per heavy atom. The molecule has 236 valence electrons. The Bertz CT molecular complexity index is 1460. The minimum Gasteiger partial charge on any atom is -0.392 e. The SMILES string of the molecule is COC[C@@H]1CCCN1C[C@@H]1O[C@H](c2cccc(NC(=O)c3c(F)c(F)c(F)c(F)c3F)c2)O[C@H](c2ccc(CO)cc2)[C@@H]1C. The Hall–Kier alpha value is -3.42. The van der Waals surface area contributed by atoms with Gasteiger partial charge >= 0.3 is 0 Å². The van der Waals surface area contributed by atoms with Gasteiger partial charge in [-0.15, -0.1) is 0 Å². The number of methoxy groups -OCH3 is 1. The van der Waals surface area contributed by atoms with Crippen molar-refractivity contribution < 1.29 is 46.1 Å². The van der Waals surface area contributed by atoms with Gasteiger partial charge in [0.15, 0.2) is 29.6 Å². The van der Waals surface area contributed by atoms with Crippen LogP contribution in [-0.4, -0.2) is 54.9 Å². The maximum Gasteiger partial charge on any atom is 0.261 e. The Morgan fingerprint density at radius 2 is 1.66 bits per heavy atom. The lowest BCUT2D eigenvalue weighted by Crippen LogP contribution is -2.46. The summed E-state index contributed by atoms with van der Waals surface area (Å²) >= 11 is 0. The van der Waals surface area contributed by atoms with E-state index in [9.17, 15) is 31.9 Å². The fourth-order valence-electron chi connectivity index (χ4n) is 5.84. The number of carbonyl (C=O) groups is 1. The molecule has 7 nitrogen and oxygen atoms in total. The van der Waals surface area contributed by atoms with Gasteiger partial charge < -0.3 is 24.6 Å². The van der Waals surface area contributed by atoms with Crippen molar-refractivity contribution in [1.82, 2.24) is 4.90 Å². The molecule has 44 heavy (non-hydrogen) atoms. The summed E-state index contributed by atoms with van der Waals surface area (Å²) in [4.78, 5) is 15.0. The molecular weight excluding hydrogens is 587 g/mol. The van der Waals surface area contributed by atoms with Gasteiger partial charge in [-0.1, -0.05) is 43.3 Å². The standard InChI is InChI=1S/C32H33F5N2O5/c1-17-23(14-39-12-4-7-22(39)16-42-2)43-32(44-30(17)19-10-8-18(15-40)9-11-19)20-5-3-6-21(13-20)38-31(41)24-25(33)27(35)29(37)28(36)26(24)34/h3,5-6,8-11,13,17,22-23,30,32,40H,4,7,12,14-16H2,1-2H3,(H,38,41)/t17-,22+,23+,30+,32+/m1/s1. The molecule has 0 bridgehead atoms. The summed E-state index contributed by atoms with van der Waals surface area (Å²) in [5.41, 5.74) is 0.525. The van der Waals surface area contributed by atoms with E-state index in [1.807, 2.05) is 31.2 Å². The molecule has 12 heteroatoms. The highest BCUT2D eigenvalue weighted by Crippen LogP contribution is 2.42. The van der Waals surface area contributed by atoms with Crippen LogP contribution in [0.2, 0.25) is 0 Å². The van der Waals surface area contributed by atoms with Crippen molar-refractivity contribution in [1.29, 1.82) is 0 Å². The number of hydrogen-bond donors (Lipinski definition) is 2. The van der Waals surface area contributed by atoms with Gasteiger partial charge in [0.2, 0.25) is 5.82 Å². The van der Waals surface area contributed by atoms with Crippen LogP contribution in [0.4, 0.5) is 27.6 Å². The molecule has 2 aliphatic rings. The molecule has 2 N–H and O–H groups in total. The molecule has 3 aromatic carbocycles. The highest BCUT2D eigenvalue weighted by molar-refractivity contribution is 6.04. The number of amides is 1. The van der Waals surface area contributed by atoms with E-state index >= 15 is 0 Å². The highest BCUT2D eigenvalue weighted by Gasteiger charge is 2.40. The normalized spacial score (nSPS) is 24.0. The Kier molecular flexibility index (Phi) is 9.96. The summed E-state index contributed by atoms with van der Waals surface area (Å²) in [6, 6.07) is 13.7. The van der Waals surface area contributed by atoms with Crippen LogP contribution in [0.25, 0.3) is 0 Å². The maximum atomic E-state index is 14.3. The molecule has 5 rings (SSSR count). The molecule has 0 radical (unpaired) electrons. The third-order valence-corrected chi connectivity index (χ3v) is 8.25. The summed E-state index contributed by atoms with van der Waals surface area (Å²) in [5.74, 6) is -12.8. The highest BCUT2D eigenvalue weighted by atomic mass is 19.2. The minimum atomic E-state index is -2.35. The van der Waals surface area contributed by atoms with Gasteiger partial charge in [-0.2, -0.15) is 0 Å². The van der Waals surface area contributed by atoms with E-state index < -0.39 is 53.0 Å². The second-order valence-corrected chi connectivity index (χ2v) is 11.1. The second-order valence-electron chi connectivity index (χ2n) is 11.1. The lowest BCUT2D eigenvalue weighted by atomic mass is 9.90. The number of aliphatic hydroxyl groups is 1. The number of ether oxygens (including phenoxy) is 3. The average molecular weight is 621 g/mol. The Balaban J connectivity index is 1.42. The predicted octanol–water partition coefficient (Wildman–Crippen LogP) is 6.03. The van der Waals surface area contributed by atoms with E-state index in [1.54, 1.807) is 19.2 Å². The molecule has 0 spiro atoms. The summed E-state index contributed by atoms with van der Waals surface area (Å²) in [7, 11) is 1.67. The largest absolute Gasteiger partial charge is 0.392 e. The number of aliphatic hydroxyl groups excluding tert-OH is 1. The van der Waals surface area contributed by atoms with Crippen LogP contribution in [-0.2, 0) is 20.8 Å². The average Bonchev–Trinajstić information content (AvgIpc) is 3.46. The van der Waals surface area contributed by atoms with Crippen LogP contribution in [0.5, 0.6) is 0 Å². The van der Waals surface area contributed by atoms with E-state index in [-0.39, 0.29) is 30.4 Å². The molecule has 2 aliphatic heterocycles. The van der Waals surface area contributed by atoms with Gasteiger partial charge in [0.25, 0.3) is 5.91 Å². The topological polar surface area (TPSA) is 80.3 Å². The predicted molar refractivity (Wildman–Crippen MR) is 150 cm³/mol. The molecule has 2 heterocycles. The molecule has 1 amide bonds. The summed E-state index contributed by atoms with van der Waals surface area (Å²) < 4.78 is 87.7. The van der Waals surface area contributed by atoms with Crippen molar-refractivity contribution in [3.05, 3.63) is 99.9 Å². The van der Waals surface area contributed by atoms with Gasteiger partial charge in [-0.3, -0.25) is 9.69 Å². The van der Waals surface area contributed by atoms with Gasteiger partial charge in [0, 0.05) is 36.9 Å². The zero-order chi connectivity index (χ0) is 31.5. The summed E-state index contributed by atoms with van der Waals surface area (Å²) in [6.07, 6.45) is 0.410. The number of likely N-dealkylation sites (tertiary alicyclic amines) is 1. The van der Waals surface area contributed by atoms with Crippen LogP contribution in [0.1, 0.15) is 59.2 Å². The van der Waals surface area contributed by atoms with Crippen LogP contribution < -0.4 is 5.32 Å². The summed E-state index contributed by atoms with van der Waals surface area (Å²) in [5, 5.41) is 11.7. The molecule has 0 unspecified atom stereocenters. The first kappa shape index (κ1) is 32.0. The van der Waals surface area contributed by atoms with Gasteiger partial charge in [-0.25, -0.2) is 22.0 Å². The van der Waals surface area contributed by atoms with Crippen molar-refractivity contribution in [2.45, 2.75) is 50.9 Å². The first-order valence-electron chi connectivity index (χ1n) is 14.3. The zero-order valence-corrected chi connectivity index (χ0v) is 24.2. The Morgan fingerprint density at radius 1 is 0.977 bits per heavy atom. The second kappa shape index (κ2) is 13.7. The number of carbonyl (C=O) groups excluding carboxylic acids is 1. The van der Waals surface area contributed by atoms with E-state index in [1.165, 1.54) is 12.1 Å². The van der Waals surface area contributed by atoms with Crippen molar-refractivity contribution >= 4 is 11.6 Å². The molecule has 2 fully saturated rings. The van der Waals surface area contributed by atoms with E-state index in [2.05, 4.69) is 10.2 Å². The third-order valence-electron chi connectivity index (χ3n) is 8.25. The van der Waals surface area contributed by atoms with Gasteiger partial charge in [-0.05, 0) is 42.6 Å². The van der Waals surface area contributed by atoms with Crippen LogP contribution in [0.15, 0.2) is 48.5 Å². The van der Waals surface area contributed by atoms with Crippen LogP contribution >= 0.6 is 0 Å². The number of nitrogens with one attached hydrogen (secondary N) is 1. The Labute approximate surface area is 251 Å². The van der Waals surface area contributed by atoms with Gasteiger partial charge in [0.1, 0.15) is 5.56 Å². The van der Waals surface area contributed by atoms with Crippen molar-refractivity contribution in [3.63, 3.8) is 0 Å².